The van der Waals surface area contributed by atoms with Gasteiger partial charge in [0.2, 0.25) is 0 Å². The molecule has 0 aromatic carbocycles. The molecule has 1 saturated carbocycles. The van der Waals surface area contributed by atoms with Crippen LogP contribution in [0.15, 0.2) is 0 Å². The van der Waals surface area contributed by atoms with Gasteiger partial charge in [-0.2, -0.15) is 0 Å². The van der Waals surface area contributed by atoms with Gasteiger partial charge in [0.1, 0.15) is 0 Å². The summed E-state index contributed by atoms with van der Waals surface area (Å²) in [4.78, 5) is 0. The summed E-state index contributed by atoms with van der Waals surface area (Å²) in [6.07, 6.45) is 5.75. The van der Waals surface area contributed by atoms with E-state index in [0.717, 1.165) is 5.92 Å². The van der Waals surface area contributed by atoms with Gasteiger partial charge in [-0.15, -0.1) is 0 Å². The minimum atomic E-state index is 0.440. The van der Waals surface area contributed by atoms with Crippen LogP contribution in [0.1, 0.15) is 32.6 Å². The Morgan fingerprint density at radius 3 is 2.40 bits per heavy atom. The van der Waals surface area contributed by atoms with E-state index >= 15 is 0 Å². The molecule has 2 fully saturated rings. The van der Waals surface area contributed by atoms with Crippen LogP contribution in [0.4, 0.5) is 0 Å². The van der Waals surface area contributed by atoms with Gasteiger partial charge in [0, 0.05) is 0 Å². The molecule has 58 valence electrons. The molecule has 1 spiro atoms. The second-order valence-electron chi connectivity index (χ2n) is 3.43. The van der Waals surface area contributed by atoms with E-state index in [1.165, 1.54) is 25.7 Å². The zero-order chi connectivity index (χ0) is 7.19. The number of hydrogen-bond donors (Lipinski definition) is 0. The molecule has 10 heavy (non-hydrogen) atoms. The third-order valence-corrected chi connectivity index (χ3v) is 8.90. The Bertz CT molecular complexity index is 207. The summed E-state index contributed by atoms with van der Waals surface area (Å²) in [7, 11) is 7.07. The Labute approximate surface area is 70.3 Å². The van der Waals surface area contributed by atoms with E-state index in [1.54, 1.807) is 0 Å². The Morgan fingerprint density at radius 2 is 2.00 bits per heavy atom. The predicted molar refractivity (Wildman–Crippen MR) is 52.2 cm³/mol. The molecule has 0 bridgehead atoms. The van der Waals surface area contributed by atoms with E-state index in [-0.39, 0.29) is 0 Å². The van der Waals surface area contributed by atoms with Crippen LogP contribution in [0.3, 0.4) is 0 Å². The molecule has 0 nitrogen and oxygen atoms in total. The van der Waals surface area contributed by atoms with Crippen LogP contribution < -0.4 is 0 Å². The molecule has 1 heterocycles. The quantitative estimate of drug-likeness (QED) is 0.244. The van der Waals surface area contributed by atoms with Crippen molar-refractivity contribution in [1.82, 2.24) is 0 Å². The van der Waals surface area contributed by atoms with E-state index in [2.05, 4.69) is 25.5 Å². The number of hydrogen-bond acceptors (Lipinski definition) is 2. The van der Waals surface area contributed by atoms with Crippen molar-refractivity contribution >= 4 is 27.5 Å². The van der Waals surface area contributed by atoms with Crippen LogP contribution in [0.5, 0.6) is 0 Å². The van der Waals surface area contributed by atoms with Gasteiger partial charge in [-0.3, -0.25) is 0 Å². The first-order chi connectivity index (χ1) is 4.73. The second kappa shape index (κ2) is 2.57. The van der Waals surface area contributed by atoms with Crippen molar-refractivity contribution in [1.29, 1.82) is 0 Å². The standard InChI is InChI=1S/C7H12PS2/c1-6-2-4-7(5-3-6)9-10(7)8/h6H,2-5H2,1H3/q-1. The zero-order valence-electron chi connectivity index (χ0n) is 6.17. The van der Waals surface area contributed by atoms with Crippen LogP contribution in [-0.4, -0.2) is 4.08 Å². The summed E-state index contributed by atoms with van der Waals surface area (Å²) in [6, 6.07) is 0. The normalized spacial score (nSPS) is 47.8. The molecule has 1 aliphatic carbocycles. The molecule has 0 aromatic rings. The molecule has 1 saturated heterocycles. The molecule has 2 aliphatic rings. The van der Waals surface area contributed by atoms with E-state index in [4.69, 9.17) is 0 Å². The zero-order valence-corrected chi connectivity index (χ0v) is 8.70. The van der Waals surface area contributed by atoms with Gasteiger partial charge in [-0.1, -0.05) is 0 Å². The van der Waals surface area contributed by atoms with Crippen LogP contribution in [0.25, 0.3) is 0 Å². The minimum absolute atomic E-state index is 0.440. The summed E-state index contributed by atoms with van der Waals surface area (Å²) < 4.78 is 0.676. The SMILES string of the molecule is CC1CCC2(CC1)S[S-]2#P. The molecule has 0 radical (unpaired) electrons. The fourth-order valence-electron chi connectivity index (χ4n) is 1.59. The Morgan fingerprint density at radius 1 is 1.50 bits per heavy atom. The Hall–Kier alpha value is 1.13. The Kier molecular flexibility index (Phi) is 1.99. The van der Waals surface area contributed by atoms with E-state index in [9.17, 15) is 0 Å². The van der Waals surface area contributed by atoms with Gasteiger partial charge in [-0.25, -0.2) is 0 Å². The summed E-state index contributed by atoms with van der Waals surface area (Å²) in [6.45, 7) is 2.37. The monoisotopic (exact) mass is 191 g/mol. The van der Waals surface area contributed by atoms with Crippen molar-refractivity contribution in [3.8, 4) is 0 Å². The van der Waals surface area contributed by atoms with E-state index in [1.807, 2.05) is 0 Å². The molecule has 3 heteroatoms. The van der Waals surface area contributed by atoms with Crippen LogP contribution in [0.2, 0.25) is 0 Å². The van der Waals surface area contributed by atoms with Gasteiger partial charge < -0.3 is 0 Å². The predicted octanol–water partition coefficient (Wildman–Crippen LogP) is 3.50. The van der Waals surface area contributed by atoms with Crippen molar-refractivity contribution in [3.63, 3.8) is 0 Å². The van der Waals surface area contributed by atoms with Crippen molar-refractivity contribution in [3.05, 3.63) is 0 Å². The summed E-state index contributed by atoms with van der Waals surface area (Å²) in [5.41, 5.74) is 0. The summed E-state index contributed by atoms with van der Waals surface area (Å²) >= 11 is 0. The van der Waals surface area contributed by atoms with E-state index < -0.39 is 0 Å². The second-order valence-corrected chi connectivity index (χ2v) is 9.25. The summed E-state index contributed by atoms with van der Waals surface area (Å²) in [5.74, 6) is 0.983. The van der Waals surface area contributed by atoms with Crippen LogP contribution in [0, 0.1) is 5.92 Å². The van der Waals surface area contributed by atoms with Crippen LogP contribution >= 0.6 is 18.6 Å². The van der Waals surface area contributed by atoms with Crippen molar-refractivity contribution in [2.45, 2.75) is 36.7 Å². The molecular formula is C7H12PS2-. The first-order valence-corrected chi connectivity index (χ1v) is 7.47. The fraction of sp³-hybridized carbons (Fsp3) is 1.00. The molecule has 0 unspecified atom stereocenters. The molecule has 0 atom stereocenters. The van der Waals surface area contributed by atoms with E-state index in [0.29, 0.717) is 13.0 Å². The van der Waals surface area contributed by atoms with Gasteiger partial charge in [-0.05, 0) is 0 Å². The molecular weight excluding hydrogens is 179 g/mol. The molecule has 0 amide bonds. The molecule has 1 aliphatic heterocycles. The molecule has 0 aromatic heterocycles. The summed E-state index contributed by atoms with van der Waals surface area (Å²) in [5, 5.41) is 0. The van der Waals surface area contributed by atoms with Gasteiger partial charge >= 0.3 is 70.1 Å². The third kappa shape index (κ3) is 1.23. The average molecular weight is 191 g/mol. The maximum absolute atomic E-state index is 4.53. The van der Waals surface area contributed by atoms with Crippen molar-refractivity contribution in [2.24, 2.45) is 5.92 Å². The number of rotatable bonds is 0. The molecule has 2 rings (SSSR count). The van der Waals surface area contributed by atoms with Gasteiger partial charge in [0.15, 0.2) is 0 Å². The first kappa shape index (κ1) is 7.76. The van der Waals surface area contributed by atoms with Crippen LogP contribution in [-0.2, 0) is 8.90 Å². The third-order valence-electron chi connectivity index (χ3n) is 2.56. The van der Waals surface area contributed by atoms with Crippen molar-refractivity contribution < 1.29 is 0 Å². The average Bonchev–Trinajstić information content (AvgIpc) is 2.53. The Balaban J connectivity index is 2.01. The van der Waals surface area contributed by atoms with Gasteiger partial charge in [0.05, 0.1) is 0 Å². The topological polar surface area (TPSA) is 0 Å². The fourth-order valence-corrected chi connectivity index (χ4v) is 7.18. The van der Waals surface area contributed by atoms with Gasteiger partial charge in [0.25, 0.3) is 0 Å². The molecule has 0 N–H and O–H groups in total. The van der Waals surface area contributed by atoms with Crippen molar-refractivity contribution in [2.75, 3.05) is 0 Å². The first-order valence-electron chi connectivity index (χ1n) is 3.86. The maximum atomic E-state index is 4.53.